The molecule has 2 unspecified atom stereocenters. The molecule has 2 N–H and O–H groups in total. The fourth-order valence-corrected chi connectivity index (χ4v) is 2.42. The van der Waals surface area contributed by atoms with Gasteiger partial charge in [-0.05, 0) is 18.8 Å². The Kier molecular flexibility index (Phi) is 3.96. The summed E-state index contributed by atoms with van der Waals surface area (Å²) in [5, 5.41) is 6.27. The van der Waals surface area contributed by atoms with E-state index < -0.39 is 0 Å². The minimum Gasteiger partial charge on any atom is -0.378 e. The highest BCUT2D eigenvalue weighted by molar-refractivity contribution is 5.77. The lowest BCUT2D eigenvalue weighted by molar-refractivity contribution is -0.123. The van der Waals surface area contributed by atoms with E-state index in [1.165, 1.54) is 0 Å². The molecule has 4 nitrogen and oxygen atoms in total. The summed E-state index contributed by atoms with van der Waals surface area (Å²) in [6.07, 6.45) is 7.27. The maximum atomic E-state index is 11.8. The number of nitrogens with one attached hydrogen (secondary N) is 2. The zero-order chi connectivity index (χ0) is 11.4. The van der Waals surface area contributed by atoms with Crippen molar-refractivity contribution in [3.63, 3.8) is 0 Å². The van der Waals surface area contributed by atoms with Crippen molar-refractivity contribution in [1.82, 2.24) is 10.6 Å². The Morgan fingerprint density at radius 1 is 1.56 bits per heavy atom. The largest absolute Gasteiger partial charge is 0.378 e. The molecule has 1 saturated heterocycles. The molecular weight excluding hydrogens is 204 g/mol. The zero-order valence-electron chi connectivity index (χ0n) is 9.74. The van der Waals surface area contributed by atoms with Crippen LogP contribution in [0.25, 0.3) is 0 Å². The van der Waals surface area contributed by atoms with Crippen molar-refractivity contribution >= 4 is 5.91 Å². The molecule has 0 radical (unpaired) electrons. The highest BCUT2D eigenvalue weighted by Gasteiger charge is 2.28. The van der Waals surface area contributed by atoms with Crippen LogP contribution in [0.3, 0.4) is 0 Å². The maximum absolute atomic E-state index is 11.8. The Morgan fingerprint density at radius 3 is 3.12 bits per heavy atom. The van der Waals surface area contributed by atoms with Gasteiger partial charge in [-0.2, -0.15) is 0 Å². The Morgan fingerprint density at radius 2 is 2.44 bits per heavy atom. The van der Waals surface area contributed by atoms with E-state index in [4.69, 9.17) is 4.74 Å². The molecule has 1 aliphatic carbocycles. The van der Waals surface area contributed by atoms with Gasteiger partial charge in [0.05, 0.1) is 12.1 Å². The van der Waals surface area contributed by atoms with Crippen LogP contribution in [0.1, 0.15) is 19.3 Å². The lowest BCUT2D eigenvalue weighted by Gasteiger charge is -2.19. The van der Waals surface area contributed by atoms with Gasteiger partial charge in [0.15, 0.2) is 0 Å². The lowest BCUT2D eigenvalue weighted by atomic mass is 10.0. The standard InChI is InChI=1S/C12H20N2O2/c1-16-11-8-13-7-10(11)14-12(15)6-9-4-2-3-5-9/h2,4,9-11,13H,3,5-8H2,1H3,(H,14,15)/t9?,10?,11-/m0/s1. The third kappa shape index (κ3) is 2.83. The van der Waals surface area contributed by atoms with Gasteiger partial charge in [-0.25, -0.2) is 0 Å². The fourth-order valence-electron chi connectivity index (χ4n) is 2.42. The van der Waals surface area contributed by atoms with Crippen LogP contribution in [0.15, 0.2) is 12.2 Å². The molecule has 2 aliphatic rings. The number of carbonyl (C=O) groups excluding carboxylic acids is 1. The molecule has 1 fully saturated rings. The van der Waals surface area contributed by atoms with E-state index in [2.05, 4.69) is 22.8 Å². The van der Waals surface area contributed by atoms with Gasteiger partial charge >= 0.3 is 0 Å². The molecule has 0 bridgehead atoms. The van der Waals surface area contributed by atoms with Crippen molar-refractivity contribution in [3.8, 4) is 0 Å². The first kappa shape index (κ1) is 11.6. The van der Waals surface area contributed by atoms with Crippen molar-refractivity contribution < 1.29 is 9.53 Å². The highest BCUT2D eigenvalue weighted by atomic mass is 16.5. The topological polar surface area (TPSA) is 50.4 Å². The summed E-state index contributed by atoms with van der Waals surface area (Å²) in [5.74, 6) is 0.586. The minimum absolute atomic E-state index is 0.114. The zero-order valence-corrected chi connectivity index (χ0v) is 9.74. The van der Waals surface area contributed by atoms with Crippen LogP contribution in [-0.2, 0) is 9.53 Å². The Balaban J connectivity index is 1.75. The molecular formula is C12H20N2O2. The smallest absolute Gasteiger partial charge is 0.220 e. The Labute approximate surface area is 96.4 Å². The Bertz CT molecular complexity index is 278. The van der Waals surface area contributed by atoms with Crippen LogP contribution in [0, 0.1) is 5.92 Å². The Hall–Kier alpha value is -0.870. The van der Waals surface area contributed by atoms with E-state index in [9.17, 15) is 4.79 Å². The average Bonchev–Trinajstić information content (AvgIpc) is 2.88. The number of rotatable bonds is 4. The fraction of sp³-hybridized carbons (Fsp3) is 0.750. The van der Waals surface area contributed by atoms with Crippen molar-refractivity contribution in [2.75, 3.05) is 20.2 Å². The second-order valence-corrected chi connectivity index (χ2v) is 4.58. The summed E-state index contributed by atoms with van der Waals surface area (Å²) >= 11 is 0. The van der Waals surface area contributed by atoms with Crippen molar-refractivity contribution in [2.24, 2.45) is 5.92 Å². The average molecular weight is 224 g/mol. The van der Waals surface area contributed by atoms with Crippen LogP contribution in [0.4, 0.5) is 0 Å². The van der Waals surface area contributed by atoms with E-state index in [0.29, 0.717) is 12.3 Å². The molecule has 3 atom stereocenters. The number of carbonyl (C=O) groups is 1. The van der Waals surface area contributed by atoms with Crippen LogP contribution < -0.4 is 10.6 Å². The number of allylic oxidation sites excluding steroid dienone is 2. The summed E-state index contributed by atoms with van der Waals surface area (Å²) in [4.78, 5) is 11.8. The third-order valence-corrected chi connectivity index (χ3v) is 3.37. The van der Waals surface area contributed by atoms with E-state index in [1.54, 1.807) is 7.11 Å². The number of amides is 1. The van der Waals surface area contributed by atoms with Crippen molar-refractivity contribution in [2.45, 2.75) is 31.4 Å². The van der Waals surface area contributed by atoms with E-state index in [0.717, 1.165) is 25.9 Å². The van der Waals surface area contributed by atoms with Gasteiger partial charge in [-0.1, -0.05) is 12.2 Å². The number of methoxy groups -OCH3 is 1. The molecule has 0 saturated carbocycles. The summed E-state index contributed by atoms with van der Waals surface area (Å²) in [7, 11) is 1.69. The molecule has 0 aromatic rings. The van der Waals surface area contributed by atoms with Gasteiger partial charge in [0.2, 0.25) is 5.91 Å². The molecule has 2 rings (SSSR count). The first-order valence-corrected chi connectivity index (χ1v) is 5.99. The van der Waals surface area contributed by atoms with Gasteiger partial charge in [0.25, 0.3) is 0 Å². The van der Waals surface area contributed by atoms with E-state index >= 15 is 0 Å². The molecule has 4 heteroatoms. The monoisotopic (exact) mass is 224 g/mol. The van der Waals surface area contributed by atoms with Gasteiger partial charge in [-0.3, -0.25) is 4.79 Å². The summed E-state index contributed by atoms with van der Waals surface area (Å²) in [6.45, 7) is 1.63. The molecule has 90 valence electrons. The molecule has 16 heavy (non-hydrogen) atoms. The first-order valence-electron chi connectivity index (χ1n) is 5.99. The second-order valence-electron chi connectivity index (χ2n) is 4.58. The predicted molar refractivity (Wildman–Crippen MR) is 62.1 cm³/mol. The normalized spacial score (nSPS) is 33.2. The van der Waals surface area contributed by atoms with Crippen molar-refractivity contribution in [3.05, 3.63) is 12.2 Å². The number of hydrogen-bond acceptors (Lipinski definition) is 3. The van der Waals surface area contributed by atoms with Gasteiger partial charge in [0.1, 0.15) is 0 Å². The van der Waals surface area contributed by atoms with Crippen molar-refractivity contribution in [1.29, 1.82) is 0 Å². The second kappa shape index (κ2) is 5.46. The maximum Gasteiger partial charge on any atom is 0.220 e. The summed E-state index contributed by atoms with van der Waals surface area (Å²) in [5.41, 5.74) is 0. The quantitative estimate of drug-likeness (QED) is 0.682. The minimum atomic E-state index is 0.114. The van der Waals surface area contributed by atoms with E-state index in [-0.39, 0.29) is 18.1 Å². The third-order valence-electron chi connectivity index (χ3n) is 3.37. The molecule has 0 aromatic carbocycles. The van der Waals surface area contributed by atoms with Gasteiger partial charge in [-0.15, -0.1) is 0 Å². The summed E-state index contributed by atoms with van der Waals surface area (Å²) < 4.78 is 5.30. The number of hydrogen-bond donors (Lipinski definition) is 2. The number of ether oxygens (including phenoxy) is 1. The van der Waals surface area contributed by atoms with Crippen LogP contribution in [0.2, 0.25) is 0 Å². The summed E-state index contributed by atoms with van der Waals surface area (Å²) in [6, 6.07) is 0.128. The molecule has 1 heterocycles. The SMILES string of the molecule is CO[C@H]1CNCC1NC(=O)CC1C=CCC1. The van der Waals surface area contributed by atoms with Crippen LogP contribution >= 0.6 is 0 Å². The lowest BCUT2D eigenvalue weighted by Crippen LogP contribution is -2.43. The first-order chi connectivity index (χ1) is 7.79. The highest BCUT2D eigenvalue weighted by Crippen LogP contribution is 2.20. The molecule has 0 aromatic heterocycles. The molecule has 1 aliphatic heterocycles. The molecule has 0 spiro atoms. The van der Waals surface area contributed by atoms with Gasteiger partial charge < -0.3 is 15.4 Å². The van der Waals surface area contributed by atoms with E-state index in [1.807, 2.05) is 0 Å². The molecule has 1 amide bonds. The van der Waals surface area contributed by atoms with Gasteiger partial charge in [0, 0.05) is 26.6 Å². The van der Waals surface area contributed by atoms with Crippen LogP contribution in [-0.4, -0.2) is 38.3 Å². The van der Waals surface area contributed by atoms with Crippen LogP contribution in [0.5, 0.6) is 0 Å². The predicted octanol–water partition coefficient (Wildman–Crippen LogP) is 0.446.